The third kappa shape index (κ3) is 2.56. The number of hydrogen-bond donors (Lipinski definition) is 2. The average Bonchev–Trinajstić information content (AvgIpc) is 3.20. The van der Waals surface area contributed by atoms with Crippen LogP contribution in [0.3, 0.4) is 0 Å². The lowest BCUT2D eigenvalue weighted by atomic mass is 9.93. The molecule has 4 rings (SSSR count). The van der Waals surface area contributed by atoms with Gasteiger partial charge in [-0.2, -0.15) is 0 Å². The molecule has 0 radical (unpaired) electrons. The molecule has 1 fully saturated rings. The van der Waals surface area contributed by atoms with E-state index in [0.29, 0.717) is 35.7 Å². The van der Waals surface area contributed by atoms with Crippen LogP contribution in [-0.2, 0) is 6.54 Å². The third-order valence-electron chi connectivity index (χ3n) is 5.04. The predicted octanol–water partition coefficient (Wildman–Crippen LogP) is 1.91. The van der Waals surface area contributed by atoms with E-state index in [-0.39, 0.29) is 0 Å². The summed E-state index contributed by atoms with van der Waals surface area (Å²) in [5.74, 6) is 1.91. The fourth-order valence-corrected chi connectivity index (χ4v) is 3.77. The van der Waals surface area contributed by atoms with Crippen LogP contribution in [0.4, 0.5) is 11.4 Å². The highest BCUT2D eigenvalue weighted by atomic mass is 16.2. The van der Waals surface area contributed by atoms with Crippen molar-refractivity contribution in [3.05, 3.63) is 62.7 Å². The number of anilines is 2. The van der Waals surface area contributed by atoms with Crippen molar-refractivity contribution in [3.63, 3.8) is 0 Å². The third-order valence-corrected chi connectivity index (χ3v) is 5.04. The van der Waals surface area contributed by atoms with Crippen molar-refractivity contribution in [3.8, 4) is 0 Å². The minimum atomic E-state index is -0.434. The number of rotatable bonds is 6. The first kappa shape index (κ1) is 14.2. The van der Waals surface area contributed by atoms with E-state index in [9.17, 15) is 9.59 Å². The summed E-state index contributed by atoms with van der Waals surface area (Å²) in [4.78, 5) is 27.8. The van der Waals surface area contributed by atoms with Gasteiger partial charge in [0.2, 0.25) is 0 Å². The second kappa shape index (κ2) is 5.65. The van der Waals surface area contributed by atoms with E-state index < -0.39 is 10.9 Å². The molecule has 2 N–H and O–H groups in total. The van der Waals surface area contributed by atoms with Crippen molar-refractivity contribution in [2.45, 2.75) is 19.4 Å². The van der Waals surface area contributed by atoms with Crippen molar-refractivity contribution >= 4 is 11.4 Å². The second-order valence-electron chi connectivity index (χ2n) is 6.50. The zero-order chi connectivity index (χ0) is 15.8. The van der Waals surface area contributed by atoms with Crippen molar-refractivity contribution < 1.29 is 0 Å². The van der Waals surface area contributed by atoms with Gasteiger partial charge in [-0.1, -0.05) is 18.2 Å². The quantitative estimate of drug-likeness (QED) is 0.630. The molecule has 2 aliphatic carbocycles. The first-order chi connectivity index (χ1) is 11.2. The molecule has 0 unspecified atom stereocenters. The summed E-state index contributed by atoms with van der Waals surface area (Å²) in [6.07, 6.45) is 8.73. The Hall–Kier alpha value is -2.43. The Morgan fingerprint density at radius 1 is 1.04 bits per heavy atom. The Morgan fingerprint density at radius 3 is 2.52 bits per heavy atom. The van der Waals surface area contributed by atoms with Crippen molar-refractivity contribution in [2.75, 3.05) is 17.2 Å². The van der Waals surface area contributed by atoms with Crippen LogP contribution >= 0.6 is 0 Å². The van der Waals surface area contributed by atoms with E-state index in [1.165, 1.54) is 12.8 Å². The van der Waals surface area contributed by atoms with Gasteiger partial charge in [0, 0.05) is 12.7 Å². The molecule has 0 saturated heterocycles. The van der Waals surface area contributed by atoms with Crippen LogP contribution in [0.1, 0.15) is 18.5 Å². The van der Waals surface area contributed by atoms with E-state index in [1.807, 2.05) is 18.2 Å². The molecule has 2 bridgehead atoms. The van der Waals surface area contributed by atoms with E-state index >= 15 is 0 Å². The fraction of sp³-hybridized carbons (Fsp3) is 0.389. The van der Waals surface area contributed by atoms with Gasteiger partial charge in [0.1, 0.15) is 11.4 Å². The molecular formula is C18H19N3O2. The summed E-state index contributed by atoms with van der Waals surface area (Å²) in [6.45, 7) is 1.20. The van der Waals surface area contributed by atoms with Crippen LogP contribution in [0, 0.1) is 17.8 Å². The van der Waals surface area contributed by atoms with Crippen molar-refractivity contribution in [1.82, 2.24) is 4.98 Å². The van der Waals surface area contributed by atoms with Gasteiger partial charge < -0.3 is 10.6 Å². The molecule has 0 aliphatic heterocycles. The van der Waals surface area contributed by atoms with E-state index in [1.54, 1.807) is 6.20 Å². The monoisotopic (exact) mass is 309 g/mol. The van der Waals surface area contributed by atoms with Crippen LogP contribution in [0.25, 0.3) is 0 Å². The van der Waals surface area contributed by atoms with Gasteiger partial charge in [-0.05, 0) is 42.7 Å². The van der Waals surface area contributed by atoms with Gasteiger partial charge in [-0.15, -0.1) is 0 Å². The number of nitrogens with zero attached hydrogens (tertiary/aromatic N) is 1. The number of pyridine rings is 1. The normalized spacial score (nSPS) is 25.1. The van der Waals surface area contributed by atoms with Gasteiger partial charge in [0.15, 0.2) is 0 Å². The zero-order valence-electron chi connectivity index (χ0n) is 12.8. The average molecular weight is 309 g/mol. The zero-order valence-corrected chi connectivity index (χ0v) is 12.8. The summed E-state index contributed by atoms with van der Waals surface area (Å²) in [5, 5.41) is 6.25. The minimum Gasteiger partial charge on any atom is -0.380 e. The second-order valence-corrected chi connectivity index (χ2v) is 6.50. The number of aromatic nitrogens is 1. The Morgan fingerprint density at radius 2 is 1.87 bits per heavy atom. The summed E-state index contributed by atoms with van der Waals surface area (Å²) in [6, 6.07) is 5.62. The molecule has 0 spiro atoms. The Labute approximate surface area is 134 Å². The van der Waals surface area contributed by atoms with E-state index in [2.05, 4.69) is 27.8 Å². The van der Waals surface area contributed by atoms with Gasteiger partial charge in [0.25, 0.3) is 10.9 Å². The highest BCUT2D eigenvalue weighted by Gasteiger charge is 2.35. The number of fused-ring (bicyclic) bond motifs is 2. The summed E-state index contributed by atoms with van der Waals surface area (Å²) < 4.78 is 0. The molecule has 1 saturated carbocycles. The molecule has 2 aliphatic rings. The van der Waals surface area contributed by atoms with Crippen LogP contribution in [-0.4, -0.2) is 11.5 Å². The lowest BCUT2D eigenvalue weighted by Crippen LogP contribution is -2.38. The van der Waals surface area contributed by atoms with Crippen LogP contribution in [0.15, 0.2) is 46.1 Å². The SMILES string of the molecule is O=c1c(NCc2ccccn2)c(NC[C@@H]2C[C@H]3C=C[C@H]2C3)c1=O. The smallest absolute Gasteiger partial charge is 0.253 e. The lowest BCUT2D eigenvalue weighted by Gasteiger charge is -2.21. The van der Waals surface area contributed by atoms with Crippen LogP contribution in [0.2, 0.25) is 0 Å². The molecule has 118 valence electrons. The van der Waals surface area contributed by atoms with E-state index in [0.717, 1.165) is 12.2 Å². The fourth-order valence-electron chi connectivity index (χ4n) is 3.77. The minimum absolute atomic E-state index is 0.402. The molecule has 1 aromatic heterocycles. The highest BCUT2D eigenvalue weighted by Crippen LogP contribution is 2.43. The molecular weight excluding hydrogens is 290 g/mol. The maximum Gasteiger partial charge on any atom is 0.253 e. The summed E-state index contributed by atoms with van der Waals surface area (Å²) in [5.41, 5.74) is 0.838. The van der Waals surface area contributed by atoms with Crippen LogP contribution < -0.4 is 21.5 Å². The molecule has 1 heterocycles. The first-order valence-corrected chi connectivity index (χ1v) is 8.11. The van der Waals surface area contributed by atoms with Gasteiger partial charge in [0.05, 0.1) is 12.2 Å². The maximum absolute atomic E-state index is 11.8. The van der Waals surface area contributed by atoms with E-state index in [4.69, 9.17) is 0 Å². The molecule has 5 heteroatoms. The Kier molecular flexibility index (Phi) is 3.48. The van der Waals surface area contributed by atoms with Gasteiger partial charge in [-0.25, -0.2) is 0 Å². The van der Waals surface area contributed by atoms with Gasteiger partial charge in [-0.3, -0.25) is 14.6 Å². The lowest BCUT2D eigenvalue weighted by molar-refractivity contribution is 0.472. The predicted molar refractivity (Wildman–Crippen MR) is 90.3 cm³/mol. The topological polar surface area (TPSA) is 71.1 Å². The summed E-state index contributed by atoms with van der Waals surface area (Å²) >= 11 is 0. The highest BCUT2D eigenvalue weighted by molar-refractivity contribution is 5.73. The Bertz CT molecular complexity index is 805. The molecule has 23 heavy (non-hydrogen) atoms. The molecule has 0 amide bonds. The molecule has 5 nitrogen and oxygen atoms in total. The largest absolute Gasteiger partial charge is 0.380 e. The van der Waals surface area contributed by atoms with Crippen molar-refractivity contribution in [2.24, 2.45) is 17.8 Å². The molecule has 2 aromatic rings. The first-order valence-electron chi connectivity index (χ1n) is 8.11. The van der Waals surface area contributed by atoms with Crippen molar-refractivity contribution in [1.29, 1.82) is 0 Å². The maximum atomic E-state index is 11.8. The summed E-state index contributed by atoms with van der Waals surface area (Å²) in [7, 11) is 0. The van der Waals surface area contributed by atoms with Gasteiger partial charge >= 0.3 is 0 Å². The molecule has 1 aromatic carbocycles. The number of nitrogens with one attached hydrogen (secondary N) is 2. The van der Waals surface area contributed by atoms with Crippen LogP contribution in [0.5, 0.6) is 0 Å². The number of hydrogen-bond acceptors (Lipinski definition) is 5. The number of allylic oxidation sites excluding steroid dienone is 2. The molecule has 3 atom stereocenters. The Balaban J connectivity index is 1.39. The standard InChI is InChI=1S/C18H19N3O2/c22-17-15(20-9-13-8-11-4-5-12(13)7-11)16(18(17)23)21-10-14-3-1-2-6-19-14/h1-6,11-13,20-21H,7-10H2/t11-,12-,13-/m0/s1.